The molecule has 0 atom stereocenters. The predicted molar refractivity (Wildman–Crippen MR) is 95.2 cm³/mol. The Morgan fingerprint density at radius 2 is 1.92 bits per heavy atom. The van der Waals surface area contributed by atoms with Crippen molar-refractivity contribution in [3.63, 3.8) is 0 Å². The molecular weight excluding hydrogens is 298 g/mol. The minimum Gasteiger partial charge on any atom is -0.350 e. The summed E-state index contributed by atoms with van der Waals surface area (Å²) in [5.41, 5.74) is 4.10. The normalized spacial score (nSPS) is 13.7. The van der Waals surface area contributed by atoms with Crippen molar-refractivity contribution in [1.29, 1.82) is 0 Å². The molecule has 0 saturated carbocycles. The van der Waals surface area contributed by atoms with Gasteiger partial charge in [0.25, 0.3) is 5.91 Å². The van der Waals surface area contributed by atoms with Gasteiger partial charge in [0.1, 0.15) is 0 Å². The molecule has 122 valence electrons. The van der Waals surface area contributed by atoms with E-state index in [1.807, 2.05) is 0 Å². The molecule has 24 heavy (non-hydrogen) atoms. The highest BCUT2D eigenvalue weighted by Crippen LogP contribution is 2.22. The van der Waals surface area contributed by atoms with Crippen LogP contribution in [0.25, 0.3) is 10.8 Å². The molecule has 0 bridgehead atoms. The SMILES string of the molecule is O=C(NCCc1cccc2ccccc12)c1n[nH]c2c1CCCC2. The molecule has 1 aromatic heterocycles. The summed E-state index contributed by atoms with van der Waals surface area (Å²) in [5, 5.41) is 12.8. The van der Waals surface area contributed by atoms with Gasteiger partial charge in [-0.15, -0.1) is 0 Å². The number of amides is 1. The van der Waals surface area contributed by atoms with Crippen LogP contribution in [-0.4, -0.2) is 22.6 Å². The number of benzene rings is 2. The summed E-state index contributed by atoms with van der Waals surface area (Å²) in [6.45, 7) is 0.620. The minimum atomic E-state index is -0.0605. The minimum absolute atomic E-state index is 0.0605. The Balaban J connectivity index is 1.44. The van der Waals surface area contributed by atoms with Gasteiger partial charge >= 0.3 is 0 Å². The average molecular weight is 319 g/mol. The second kappa shape index (κ2) is 6.48. The number of hydrogen-bond acceptors (Lipinski definition) is 2. The Bertz CT molecular complexity index is 876. The smallest absolute Gasteiger partial charge is 0.272 e. The molecule has 1 aliphatic rings. The highest BCUT2D eigenvalue weighted by molar-refractivity contribution is 5.94. The molecule has 0 spiro atoms. The number of rotatable bonds is 4. The number of aryl methyl sites for hydroxylation is 1. The molecular formula is C20H21N3O. The fraction of sp³-hybridized carbons (Fsp3) is 0.300. The third kappa shape index (κ3) is 2.80. The lowest BCUT2D eigenvalue weighted by molar-refractivity contribution is 0.0948. The maximum Gasteiger partial charge on any atom is 0.272 e. The van der Waals surface area contributed by atoms with Crippen LogP contribution in [0.2, 0.25) is 0 Å². The Morgan fingerprint density at radius 3 is 2.88 bits per heavy atom. The van der Waals surface area contributed by atoms with Crippen molar-refractivity contribution < 1.29 is 4.79 Å². The molecule has 0 radical (unpaired) electrons. The van der Waals surface area contributed by atoms with Gasteiger partial charge in [-0.05, 0) is 48.4 Å². The summed E-state index contributed by atoms with van der Waals surface area (Å²) < 4.78 is 0. The van der Waals surface area contributed by atoms with Gasteiger partial charge in [-0.2, -0.15) is 5.10 Å². The largest absolute Gasteiger partial charge is 0.350 e. The van der Waals surface area contributed by atoms with Gasteiger partial charge in [-0.3, -0.25) is 9.89 Å². The number of H-pyrrole nitrogens is 1. The van der Waals surface area contributed by atoms with E-state index >= 15 is 0 Å². The van der Waals surface area contributed by atoms with E-state index in [2.05, 4.69) is 58.0 Å². The zero-order valence-electron chi connectivity index (χ0n) is 13.6. The number of nitrogens with zero attached hydrogens (tertiary/aromatic N) is 1. The lowest BCUT2D eigenvalue weighted by atomic mass is 9.96. The van der Waals surface area contributed by atoms with Gasteiger partial charge < -0.3 is 5.32 Å². The van der Waals surface area contributed by atoms with Gasteiger partial charge in [0.2, 0.25) is 0 Å². The second-order valence-electron chi connectivity index (χ2n) is 6.38. The third-order valence-corrected chi connectivity index (χ3v) is 4.83. The zero-order valence-corrected chi connectivity index (χ0v) is 13.6. The summed E-state index contributed by atoms with van der Waals surface area (Å²) in [6, 6.07) is 14.7. The third-order valence-electron chi connectivity index (χ3n) is 4.83. The standard InChI is InChI=1S/C20H21N3O/c24-20(19-17-10-3-4-11-18(17)22-23-19)21-13-12-15-8-5-7-14-6-1-2-9-16(14)15/h1-2,5-9H,3-4,10-13H2,(H,21,24)(H,22,23). The van der Waals surface area contributed by atoms with Crippen molar-refractivity contribution in [1.82, 2.24) is 15.5 Å². The van der Waals surface area contributed by atoms with E-state index in [0.29, 0.717) is 12.2 Å². The average Bonchev–Trinajstić information content (AvgIpc) is 3.06. The molecule has 2 aromatic carbocycles. The molecule has 4 rings (SSSR count). The topological polar surface area (TPSA) is 57.8 Å². The van der Waals surface area contributed by atoms with E-state index in [9.17, 15) is 4.79 Å². The van der Waals surface area contributed by atoms with Crippen molar-refractivity contribution in [3.8, 4) is 0 Å². The molecule has 1 amide bonds. The van der Waals surface area contributed by atoms with Crippen LogP contribution >= 0.6 is 0 Å². The van der Waals surface area contributed by atoms with Crippen LogP contribution in [0, 0.1) is 0 Å². The molecule has 2 N–H and O–H groups in total. The van der Waals surface area contributed by atoms with Gasteiger partial charge in [0.15, 0.2) is 5.69 Å². The van der Waals surface area contributed by atoms with Crippen molar-refractivity contribution in [3.05, 3.63) is 65.0 Å². The van der Waals surface area contributed by atoms with Crippen molar-refractivity contribution >= 4 is 16.7 Å². The fourth-order valence-electron chi connectivity index (χ4n) is 3.57. The highest BCUT2D eigenvalue weighted by atomic mass is 16.1. The van der Waals surface area contributed by atoms with Crippen molar-refractivity contribution in [2.45, 2.75) is 32.1 Å². The van der Waals surface area contributed by atoms with Crippen LogP contribution < -0.4 is 5.32 Å². The molecule has 0 saturated heterocycles. The lowest BCUT2D eigenvalue weighted by Gasteiger charge is -2.11. The number of nitrogens with one attached hydrogen (secondary N) is 2. The quantitative estimate of drug-likeness (QED) is 0.774. The number of carbonyl (C=O) groups excluding carboxylic acids is 1. The molecule has 3 aromatic rings. The zero-order chi connectivity index (χ0) is 16.4. The van der Waals surface area contributed by atoms with E-state index in [1.165, 1.54) is 22.8 Å². The second-order valence-corrected chi connectivity index (χ2v) is 6.38. The molecule has 4 nitrogen and oxygen atoms in total. The maximum atomic E-state index is 12.4. The first-order valence-electron chi connectivity index (χ1n) is 8.64. The van der Waals surface area contributed by atoms with E-state index in [4.69, 9.17) is 0 Å². The van der Waals surface area contributed by atoms with Crippen molar-refractivity contribution in [2.75, 3.05) is 6.54 Å². The van der Waals surface area contributed by atoms with E-state index < -0.39 is 0 Å². The number of hydrogen-bond donors (Lipinski definition) is 2. The van der Waals surface area contributed by atoms with Crippen LogP contribution in [0.5, 0.6) is 0 Å². The molecule has 0 fully saturated rings. The Kier molecular flexibility index (Phi) is 4.03. The molecule has 4 heteroatoms. The fourth-order valence-corrected chi connectivity index (χ4v) is 3.57. The molecule has 1 aliphatic carbocycles. The van der Waals surface area contributed by atoms with Gasteiger partial charge in [-0.25, -0.2) is 0 Å². The Labute approximate surface area is 141 Å². The predicted octanol–water partition coefficient (Wildman–Crippen LogP) is 3.41. The summed E-state index contributed by atoms with van der Waals surface area (Å²) in [4.78, 5) is 12.4. The van der Waals surface area contributed by atoms with Crippen molar-refractivity contribution in [2.24, 2.45) is 0 Å². The number of carbonyl (C=O) groups is 1. The van der Waals surface area contributed by atoms with Crippen LogP contribution in [0.1, 0.15) is 40.2 Å². The molecule has 0 aliphatic heterocycles. The lowest BCUT2D eigenvalue weighted by Crippen LogP contribution is -2.27. The van der Waals surface area contributed by atoms with E-state index in [0.717, 1.165) is 36.9 Å². The monoisotopic (exact) mass is 319 g/mol. The highest BCUT2D eigenvalue weighted by Gasteiger charge is 2.21. The first-order valence-corrected chi connectivity index (χ1v) is 8.64. The summed E-state index contributed by atoms with van der Waals surface area (Å²) in [7, 11) is 0. The Morgan fingerprint density at radius 1 is 1.08 bits per heavy atom. The van der Waals surface area contributed by atoms with Crippen LogP contribution in [0.15, 0.2) is 42.5 Å². The van der Waals surface area contributed by atoms with Crippen LogP contribution in [0.3, 0.4) is 0 Å². The number of aromatic nitrogens is 2. The van der Waals surface area contributed by atoms with E-state index in [1.54, 1.807) is 0 Å². The summed E-state index contributed by atoms with van der Waals surface area (Å²) in [5.74, 6) is -0.0605. The van der Waals surface area contributed by atoms with Crippen LogP contribution in [0.4, 0.5) is 0 Å². The summed E-state index contributed by atoms with van der Waals surface area (Å²) >= 11 is 0. The van der Waals surface area contributed by atoms with E-state index in [-0.39, 0.29) is 5.91 Å². The number of aromatic amines is 1. The van der Waals surface area contributed by atoms with Gasteiger partial charge in [0, 0.05) is 17.8 Å². The first-order chi connectivity index (χ1) is 11.8. The maximum absolute atomic E-state index is 12.4. The summed E-state index contributed by atoms with van der Waals surface area (Å²) in [6.07, 6.45) is 5.10. The molecule has 1 heterocycles. The van der Waals surface area contributed by atoms with Crippen LogP contribution in [-0.2, 0) is 19.3 Å². The molecule has 0 unspecified atom stereocenters. The number of fused-ring (bicyclic) bond motifs is 2. The van der Waals surface area contributed by atoms with Gasteiger partial charge in [-0.1, -0.05) is 42.5 Å². The first kappa shape index (κ1) is 14.9. The van der Waals surface area contributed by atoms with Gasteiger partial charge in [0.05, 0.1) is 0 Å². The Hall–Kier alpha value is -2.62.